The zero-order chi connectivity index (χ0) is 17.2. The molecule has 1 aliphatic heterocycles. The van der Waals surface area contributed by atoms with Crippen molar-refractivity contribution in [2.75, 3.05) is 12.3 Å². The number of nitrogens with zero attached hydrogens (tertiary/aromatic N) is 1. The number of aliphatic hydroxyl groups is 1. The Bertz CT molecular complexity index is 870. The molecule has 1 saturated heterocycles. The molecule has 2 atom stereocenters. The van der Waals surface area contributed by atoms with Crippen molar-refractivity contribution in [3.63, 3.8) is 0 Å². The number of pyridine rings is 1. The summed E-state index contributed by atoms with van der Waals surface area (Å²) in [6, 6.07) is 17.8. The Labute approximate surface area is 147 Å². The average molecular weight is 333 g/mol. The molecule has 4 heteroatoms. The first-order valence-corrected chi connectivity index (χ1v) is 8.89. The Kier molecular flexibility index (Phi) is 4.38. The van der Waals surface area contributed by atoms with Crippen molar-refractivity contribution < 1.29 is 5.11 Å². The van der Waals surface area contributed by atoms with E-state index in [9.17, 15) is 5.11 Å². The third kappa shape index (κ3) is 3.23. The number of rotatable bonds is 3. The van der Waals surface area contributed by atoms with Gasteiger partial charge in [-0.25, -0.2) is 4.98 Å². The van der Waals surface area contributed by atoms with E-state index in [0.29, 0.717) is 0 Å². The van der Waals surface area contributed by atoms with E-state index in [1.165, 1.54) is 6.42 Å². The van der Waals surface area contributed by atoms with Gasteiger partial charge in [0.1, 0.15) is 0 Å². The smallest absolute Gasteiger partial charge is 0.0950 e. The van der Waals surface area contributed by atoms with Crippen molar-refractivity contribution in [2.24, 2.45) is 0 Å². The van der Waals surface area contributed by atoms with E-state index in [0.717, 1.165) is 52.8 Å². The van der Waals surface area contributed by atoms with Crippen molar-refractivity contribution in [1.82, 2.24) is 10.3 Å². The summed E-state index contributed by atoms with van der Waals surface area (Å²) in [5, 5.41) is 15.5. The minimum absolute atomic E-state index is 0.0961. The van der Waals surface area contributed by atoms with E-state index in [1.54, 1.807) is 0 Å². The SMILES string of the molecule is Nc1ccc(-c2cc(C(O)C3CCCCN3)c3ccccc3n2)cc1. The number of para-hydroxylation sites is 1. The summed E-state index contributed by atoms with van der Waals surface area (Å²) < 4.78 is 0. The summed E-state index contributed by atoms with van der Waals surface area (Å²) in [5.74, 6) is 0. The molecule has 25 heavy (non-hydrogen) atoms. The second kappa shape index (κ2) is 6.82. The first-order valence-electron chi connectivity index (χ1n) is 8.89. The molecule has 128 valence electrons. The highest BCUT2D eigenvalue weighted by Gasteiger charge is 2.25. The van der Waals surface area contributed by atoms with Gasteiger partial charge in [-0.2, -0.15) is 0 Å². The van der Waals surface area contributed by atoms with Crippen LogP contribution >= 0.6 is 0 Å². The van der Waals surface area contributed by atoms with Gasteiger partial charge < -0.3 is 16.2 Å². The molecule has 2 aromatic carbocycles. The summed E-state index contributed by atoms with van der Waals surface area (Å²) in [5.41, 5.74) is 10.2. The maximum atomic E-state index is 11.0. The van der Waals surface area contributed by atoms with Crippen LogP contribution in [0.2, 0.25) is 0 Å². The minimum Gasteiger partial charge on any atom is -0.399 e. The lowest BCUT2D eigenvalue weighted by atomic mass is 9.92. The van der Waals surface area contributed by atoms with Gasteiger partial charge in [0.2, 0.25) is 0 Å². The van der Waals surface area contributed by atoms with Crippen molar-refractivity contribution in [3.05, 3.63) is 60.2 Å². The summed E-state index contributed by atoms with van der Waals surface area (Å²) in [6.07, 6.45) is 2.79. The maximum Gasteiger partial charge on any atom is 0.0950 e. The quantitative estimate of drug-likeness (QED) is 0.640. The zero-order valence-corrected chi connectivity index (χ0v) is 14.2. The number of piperidine rings is 1. The van der Waals surface area contributed by atoms with E-state index in [2.05, 4.69) is 5.32 Å². The first kappa shape index (κ1) is 16.1. The molecule has 0 saturated carbocycles. The molecule has 0 amide bonds. The largest absolute Gasteiger partial charge is 0.399 e. The molecular formula is C21H23N3O. The number of nitrogens with one attached hydrogen (secondary N) is 1. The van der Waals surface area contributed by atoms with Crippen LogP contribution in [0.25, 0.3) is 22.2 Å². The highest BCUT2D eigenvalue weighted by atomic mass is 16.3. The number of aliphatic hydroxyl groups excluding tert-OH is 1. The third-order valence-electron chi connectivity index (χ3n) is 5.00. The molecule has 2 unspecified atom stereocenters. The van der Waals surface area contributed by atoms with Gasteiger partial charge in [-0.15, -0.1) is 0 Å². The number of hydrogen-bond acceptors (Lipinski definition) is 4. The number of nitrogen functional groups attached to an aromatic ring is 1. The molecule has 4 N–H and O–H groups in total. The fourth-order valence-electron chi connectivity index (χ4n) is 3.61. The molecule has 1 aromatic heterocycles. The predicted octanol–water partition coefficient (Wildman–Crippen LogP) is 3.66. The number of fused-ring (bicyclic) bond motifs is 1. The molecule has 0 bridgehead atoms. The van der Waals surface area contributed by atoms with Crippen LogP contribution in [0.3, 0.4) is 0 Å². The Hall–Kier alpha value is -2.43. The van der Waals surface area contributed by atoms with E-state index in [-0.39, 0.29) is 6.04 Å². The fourth-order valence-corrected chi connectivity index (χ4v) is 3.61. The predicted molar refractivity (Wildman–Crippen MR) is 102 cm³/mol. The molecule has 4 nitrogen and oxygen atoms in total. The van der Waals surface area contributed by atoms with Crippen LogP contribution in [-0.4, -0.2) is 22.7 Å². The molecule has 3 aromatic rings. The molecule has 4 rings (SSSR count). The van der Waals surface area contributed by atoms with Gasteiger partial charge in [-0.1, -0.05) is 36.8 Å². The van der Waals surface area contributed by atoms with Crippen LogP contribution in [-0.2, 0) is 0 Å². The average Bonchev–Trinajstić information content (AvgIpc) is 2.68. The topological polar surface area (TPSA) is 71.2 Å². The highest BCUT2D eigenvalue weighted by Crippen LogP contribution is 2.32. The molecule has 1 aliphatic rings. The van der Waals surface area contributed by atoms with Crippen LogP contribution in [0.15, 0.2) is 54.6 Å². The summed E-state index contributed by atoms with van der Waals surface area (Å²) in [6.45, 7) is 0.968. The standard InChI is InChI=1S/C21H23N3O/c22-15-10-8-14(9-11-15)20-13-17(16-5-1-2-6-18(16)24-20)21(25)19-7-3-4-12-23-19/h1-2,5-6,8-11,13,19,21,23,25H,3-4,7,12,22H2. The summed E-state index contributed by atoms with van der Waals surface area (Å²) >= 11 is 0. The van der Waals surface area contributed by atoms with Crippen LogP contribution < -0.4 is 11.1 Å². The van der Waals surface area contributed by atoms with Gasteiger partial charge in [0, 0.05) is 22.7 Å². The highest BCUT2D eigenvalue weighted by molar-refractivity contribution is 5.85. The number of nitrogens with two attached hydrogens (primary N) is 1. The zero-order valence-electron chi connectivity index (χ0n) is 14.2. The second-order valence-electron chi connectivity index (χ2n) is 6.74. The lowest BCUT2D eigenvalue weighted by Gasteiger charge is -2.29. The van der Waals surface area contributed by atoms with Crippen molar-refractivity contribution in [3.8, 4) is 11.3 Å². The lowest BCUT2D eigenvalue weighted by Crippen LogP contribution is -2.38. The molecule has 1 fully saturated rings. The number of hydrogen-bond donors (Lipinski definition) is 3. The van der Waals surface area contributed by atoms with Gasteiger partial charge in [0.15, 0.2) is 0 Å². The lowest BCUT2D eigenvalue weighted by molar-refractivity contribution is 0.115. The normalized spacial score (nSPS) is 19.0. The third-order valence-corrected chi connectivity index (χ3v) is 5.00. The molecular weight excluding hydrogens is 310 g/mol. The van der Waals surface area contributed by atoms with Gasteiger partial charge in [-0.05, 0) is 49.2 Å². The second-order valence-corrected chi connectivity index (χ2v) is 6.74. The van der Waals surface area contributed by atoms with Crippen molar-refractivity contribution in [1.29, 1.82) is 0 Å². The Morgan fingerprint density at radius 3 is 2.64 bits per heavy atom. The number of benzene rings is 2. The molecule has 2 heterocycles. The molecule has 0 radical (unpaired) electrons. The van der Waals surface area contributed by atoms with Gasteiger partial charge in [0.25, 0.3) is 0 Å². The Morgan fingerprint density at radius 1 is 1.08 bits per heavy atom. The maximum absolute atomic E-state index is 11.0. The minimum atomic E-state index is -0.541. The van der Waals surface area contributed by atoms with Crippen LogP contribution in [0.5, 0.6) is 0 Å². The van der Waals surface area contributed by atoms with E-state index in [1.807, 2.05) is 54.6 Å². The summed E-state index contributed by atoms with van der Waals surface area (Å²) in [7, 11) is 0. The van der Waals surface area contributed by atoms with Gasteiger partial charge in [0.05, 0.1) is 17.3 Å². The Morgan fingerprint density at radius 2 is 1.88 bits per heavy atom. The van der Waals surface area contributed by atoms with Crippen molar-refractivity contribution >= 4 is 16.6 Å². The van der Waals surface area contributed by atoms with Crippen molar-refractivity contribution in [2.45, 2.75) is 31.4 Å². The number of anilines is 1. The summed E-state index contributed by atoms with van der Waals surface area (Å²) in [4.78, 5) is 4.79. The number of aromatic nitrogens is 1. The van der Waals surface area contributed by atoms with E-state index < -0.39 is 6.10 Å². The van der Waals surface area contributed by atoms with E-state index in [4.69, 9.17) is 10.7 Å². The van der Waals surface area contributed by atoms with E-state index >= 15 is 0 Å². The monoisotopic (exact) mass is 333 g/mol. The Balaban J connectivity index is 1.82. The fraction of sp³-hybridized carbons (Fsp3) is 0.286. The van der Waals surface area contributed by atoms with Gasteiger partial charge >= 0.3 is 0 Å². The van der Waals surface area contributed by atoms with Crippen LogP contribution in [0.1, 0.15) is 30.9 Å². The molecule has 0 aliphatic carbocycles. The van der Waals surface area contributed by atoms with Crippen LogP contribution in [0, 0.1) is 0 Å². The molecule has 0 spiro atoms. The first-order chi connectivity index (χ1) is 12.2. The van der Waals surface area contributed by atoms with Gasteiger partial charge in [-0.3, -0.25) is 0 Å². The van der Waals surface area contributed by atoms with Crippen LogP contribution in [0.4, 0.5) is 5.69 Å².